The molecule has 1 unspecified atom stereocenters. The van der Waals surface area contributed by atoms with Crippen LogP contribution in [-0.2, 0) is 14.0 Å². The molecule has 0 spiro atoms. The van der Waals surface area contributed by atoms with Crippen molar-refractivity contribution in [2.75, 3.05) is 6.61 Å². The van der Waals surface area contributed by atoms with Gasteiger partial charge in [0.2, 0.25) is 6.10 Å². The third-order valence-corrected chi connectivity index (χ3v) is 10.6. The summed E-state index contributed by atoms with van der Waals surface area (Å²) in [6.45, 7) is 14.9. The maximum atomic E-state index is 14.4. The van der Waals surface area contributed by atoms with Crippen LogP contribution in [0.5, 0.6) is 0 Å². The van der Waals surface area contributed by atoms with E-state index in [0.717, 1.165) is 0 Å². The van der Waals surface area contributed by atoms with Gasteiger partial charge in [-0.25, -0.2) is 4.39 Å². The third-order valence-electron chi connectivity index (χ3n) is 5.83. The van der Waals surface area contributed by atoms with Gasteiger partial charge in [0.25, 0.3) is 0 Å². The zero-order valence-electron chi connectivity index (χ0n) is 17.7. The highest BCUT2D eigenvalue weighted by atomic mass is 35.5. The van der Waals surface area contributed by atoms with E-state index in [4.69, 9.17) is 38.8 Å². The summed E-state index contributed by atoms with van der Waals surface area (Å²) in [5.41, 5.74) is -0.359. The van der Waals surface area contributed by atoms with Crippen molar-refractivity contribution in [1.29, 1.82) is 0 Å². The molecule has 1 rings (SSSR count). The SMILES string of the molecule is C#CC(OC(=O)[C@@H]1[C@@H](C=C(Cl)Cl)C1(C)C)C(F)=CCCO[Si](C)(C)C(C)(C)C. The van der Waals surface area contributed by atoms with Gasteiger partial charge in [-0.15, -0.1) is 6.42 Å². The van der Waals surface area contributed by atoms with Crippen LogP contribution in [0.3, 0.4) is 0 Å². The van der Waals surface area contributed by atoms with E-state index >= 15 is 0 Å². The van der Waals surface area contributed by atoms with E-state index in [1.165, 1.54) is 6.08 Å². The average molecular weight is 449 g/mol. The summed E-state index contributed by atoms with van der Waals surface area (Å²) in [7, 11) is -1.89. The average Bonchev–Trinajstić information content (AvgIpc) is 3.07. The summed E-state index contributed by atoms with van der Waals surface area (Å²) in [6, 6.07) is 0. The Kier molecular flexibility index (Phi) is 8.42. The smallest absolute Gasteiger partial charge is 0.311 e. The number of hydrogen-bond donors (Lipinski definition) is 0. The summed E-state index contributed by atoms with van der Waals surface area (Å²) in [5.74, 6) is 0.374. The number of terminal acetylenes is 1. The van der Waals surface area contributed by atoms with Crippen LogP contribution in [0.1, 0.15) is 41.0 Å². The lowest BCUT2D eigenvalue weighted by Crippen LogP contribution is -2.40. The van der Waals surface area contributed by atoms with Crippen molar-refractivity contribution in [3.8, 4) is 12.3 Å². The number of halogens is 3. The zero-order chi connectivity index (χ0) is 21.9. The van der Waals surface area contributed by atoms with Crippen molar-refractivity contribution < 1.29 is 18.3 Å². The van der Waals surface area contributed by atoms with E-state index in [2.05, 4.69) is 39.8 Å². The fourth-order valence-corrected chi connectivity index (χ4v) is 4.10. The van der Waals surface area contributed by atoms with E-state index in [9.17, 15) is 9.18 Å². The van der Waals surface area contributed by atoms with Crippen LogP contribution < -0.4 is 0 Å². The van der Waals surface area contributed by atoms with Gasteiger partial charge in [-0.1, -0.05) is 63.7 Å². The lowest BCUT2D eigenvalue weighted by Gasteiger charge is -2.36. The molecule has 0 amide bonds. The van der Waals surface area contributed by atoms with E-state index in [1.54, 1.807) is 6.08 Å². The van der Waals surface area contributed by atoms with Gasteiger partial charge < -0.3 is 9.16 Å². The number of carbonyl (C=O) groups is 1. The van der Waals surface area contributed by atoms with Crippen LogP contribution in [0.2, 0.25) is 18.1 Å². The molecule has 1 fully saturated rings. The van der Waals surface area contributed by atoms with Gasteiger partial charge in [0.1, 0.15) is 10.3 Å². The van der Waals surface area contributed by atoms with Crippen LogP contribution >= 0.6 is 23.2 Å². The molecule has 0 heterocycles. The topological polar surface area (TPSA) is 35.5 Å². The first kappa shape index (κ1) is 25.2. The van der Waals surface area contributed by atoms with E-state index in [-0.39, 0.29) is 20.9 Å². The monoisotopic (exact) mass is 448 g/mol. The summed E-state index contributed by atoms with van der Waals surface area (Å²) in [4.78, 5) is 12.4. The Morgan fingerprint density at radius 3 is 2.39 bits per heavy atom. The first-order valence-electron chi connectivity index (χ1n) is 9.34. The highest BCUT2D eigenvalue weighted by molar-refractivity contribution is 6.74. The molecule has 1 aliphatic carbocycles. The molecule has 0 radical (unpaired) electrons. The summed E-state index contributed by atoms with van der Waals surface area (Å²) in [6.07, 6.45) is 7.32. The predicted molar refractivity (Wildman–Crippen MR) is 116 cm³/mol. The number of rotatable bonds is 8. The van der Waals surface area contributed by atoms with Gasteiger partial charge in [0.05, 0.1) is 5.92 Å². The second kappa shape index (κ2) is 9.34. The maximum absolute atomic E-state index is 14.4. The maximum Gasteiger partial charge on any atom is 0.311 e. The third kappa shape index (κ3) is 6.35. The summed E-state index contributed by atoms with van der Waals surface area (Å²) in [5, 5.41) is 0.0835. The highest BCUT2D eigenvalue weighted by Gasteiger charge is 2.62. The minimum absolute atomic E-state index is 0.0835. The Labute approximate surface area is 179 Å². The summed E-state index contributed by atoms with van der Waals surface area (Å²) < 4.78 is 25.7. The van der Waals surface area contributed by atoms with Gasteiger partial charge in [-0.05, 0) is 48.0 Å². The Balaban J connectivity index is 2.64. The number of allylic oxidation sites excluding steroid dienone is 1. The standard InChI is InChI=1S/C21H31Cl2FO3Si/c1-9-16(15(24)11-10-12-26-28(7,8)20(2,3)4)27-19(25)18-14(13-17(22)23)21(18,5)6/h1,11,13-14,16,18H,10,12H2,2-8H3/t14-,16?,18+/m1/s1. The molecule has 28 heavy (non-hydrogen) atoms. The second-order valence-electron chi connectivity index (χ2n) is 9.25. The number of esters is 1. The van der Waals surface area contributed by atoms with Gasteiger partial charge in [0.15, 0.2) is 8.32 Å². The minimum atomic E-state index is -1.89. The minimum Gasteiger partial charge on any atom is -0.441 e. The lowest BCUT2D eigenvalue weighted by molar-refractivity contribution is -0.148. The molecular formula is C21H31Cl2FO3Si. The molecule has 1 saturated carbocycles. The first-order valence-corrected chi connectivity index (χ1v) is 13.0. The van der Waals surface area contributed by atoms with Crippen LogP contribution in [0, 0.1) is 29.6 Å². The normalized spacial score (nSPS) is 22.8. The van der Waals surface area contributed by atoms with Crippen molar-refractivity contribution >= 4 is 37.5 Å². The fourth-order valence-electron chi connectivity index (χ4n) is 2.77. The van der Waals surface area contributed by atoms with Crippen LogP contribution in [-0.4, -0.2) is 27.0 Å². The molecule has 0 aromatic heterocycles. The Morgan fingerprint density at radius 1 is 1.36 bits per heavy atom. The Hall–Kier alpha value is -0.803. The van der Waals surface area contributed by atoms with Crippen LogP contribution in [0.4, 0.5) is 4.39 Å². The molecule has 3 nitrogen and oxygen atoms in total. The van der Waals surface area contributed by atoms with Crippen molar-refractivity contribution in [2.45, 2.75) is 65.3 Å². The molecule has 0 bridgehead atoms. The van der Waals surface area contributed by atoms with Crippen molar-refractivity contribution in [3.05, 3.63) is 22.5 Å². The molecule has 7 heteroatoms. The lowest BCUT2D eigenvalue weighted by atomic mass is 10.1. The first-order chi connectivity index (χ1) is 12.6. The molecule has 1 aliphatic rings. The van der Waals surface area contributed by atoms with Crippen molar-refractivity contribution in [1.82, 2.24) is 0 Å². The number of hydrogen-bond acceptors (Lipinski definition) is 3. The molecule has 158 valence electrons. The molecule has 0 saturated heterocycles. The van der Waals surface area contributed by atoms with Crippen molar-refractivity contribution in [2.24, 2.45) is 17.3 Å². The Bertz CT molecular complexity index is 683. The van der Waals surface area contributed by atoms with E-state index in [0.29, 0.717) is 13.0 Å². The van der Waals surface area contributed by atoms with Gasteiger partial charge in [-0.2, -0.15) is 0 Å². The molecule has 0 aliphatic heterocycles. The zero-order valence-corrected chi connectivity index (χ0v) is 20.2. The van der Waals surface area contributed by atoms with E-state index in [1.807, 2.05) is 13.8 Å². The van der Waals surface area contributed by atoms with Gasteiger partial charge in [-0.3, -0.25) is 4.79 Å². The number of ether oxygens (including phenoxy) is 1. The largest absolute Gasteiger partial charge is 0.441 e. The van der Waals surface area contributed by atoms with Crippen LogP contribution in [0.25, 0.3) is 0 Å². The molecule has 0 aromatic rings. The Morgan fingerprint density at radius 2 is 1.93 bits per heavy atom. The van der Waals surface area contributed by atoms with Crippen LogP contribution in [0.15, 0.2) is 22.5 Å². The van der Waals surface area contributed by atoms with Gasteiger partial charge in [0, 0.05) is 6.61 Å². The fraction of sp³-hybridized carbons (Fsp3) is 0.667. The molecule has 0 N–H and O–H groups in total. The summed E-state index contributed by atoms with van der Waals surface area (Å²) >= 11 is 11.4. The highest BCUT2D eigenvalue weighted by Crippen LogP contribution is 2.60. The molecule has 0 aromatic carbocycles. The predicted octanol–water partition coefficient (Wildman–Crippen LogP) is 6.39. The van der Waals surface area contributed by atoms with E-state index < -0.39 is 32.1 Å². The molecule has 3 atom stereocenters. The number of carbonyl (C=O) groups excluding carboxylic acids is 1. The second-order valence-corrected chi connectivity index (χ2v) is 15.1. The quantitative estimate of drug-likeness (QED) is 0.186. The molecular weight excluding hydrogens is 418 g/mol. The van der Waals surface area contributed by atoms with Gasteiger partial charge >= 0.3 is 5.97 Å². The van der Waals surface area contributed by atoms with Crippen molar-refractivity contribution in [3.63, 3.8) is 0 Å².